The van der Waals surface area contributed by atoms with Crippen molar-refractivity contribution in [1.29, 1.82) is 0 Å². The van der Waals surface area contributed by atoms with Crippen LogP contribution in [0.4, 0.5) is 10.1 Å². The van der Waals surface area contributed by atoms with Gasteiger partial charge in [0.15, 0.2) is 0 Å². The van der Waals surface area contributed by atoms with Crippen molar-refractivity contribution in [2.24, 2.45) is 0 Å². The van der Waals surface area contributed by atoms with Crippen LogP contribution in [-0.4, -0.2) is 17.4 Å². The second-order valence-electron chi connectivity index (χ2n) is 5.31. The van der Waals surface area contributed by atoms with Crippen molar-refractivity contribution in [3.63, 3.8) is 0 Å². The van der Waals surface area contributed by atoms with Crippen molar-refractivity contribution in [3.8, 4) is 0 Å². The Morgan fingerprint density at radius 3 is 3.18 bits per heavy atom. The molecule has 0 aliphatic carbocycles. The number of amides is 1. The molecule has 0 bridgehead atoms. The second kappa shape index (κ2) is 6.54. The van der Waals surface area contributed by atoms with Crippen LogP contribution < -0.4 is 10.6 Å². The Hall–Kier alpha value is -1.79. The lowest BCUT2D eigenvalue weighted by molar-refractivity contribution is 0.103. The van der Waals surface area contributed by atoms with E-state index in [1.807, 2.05) is 6.07 Å². The predicted octanol–water partition coefficient (Wildman–Crippen LogP) is 3.13. The fourth-order valence-corrected chi connectivity index (χ4v) is 3.47. The van der Waals surface area contributed by atoms with Gasteiger partial charge in [-0.3, -0.25) is 4.79 Å². The molecule has 0 radical (unpaired) electrons. The van der Waals surface area contributed by atoms with Crippen LogP contribution in [0.3, 0.4) is 0 Å². The molecule has 1 aromatic heterocycles. The number of aromatic nitrogens is 1. The SMILES string of the molecule is CCCc1ncc(C(=O)Nc2ccc3c(c2F)CCNC3)s1. The fraction of sp³-hybridized carbons (Fsp3) is 0.375. The van der Waals surface area contributed by atoms with E-state index in [4.69, 9.17) is 0 Å². The molecule has 2 heterocycles. The lowest BCUT2D eigenvalue weighted by atomic mass is 9.99. The number of carbonyl (C=O) groups excluding carboxylic acids is 1. The summed E-state index contributed by atoms with van der Waals surface area (Å²) in [7, 11) is 0. The third kappa shape index (κ3) is 3.03. The van der Waals surface area contributed by atoms with Crippen molar-refractivity contribution >= 4 is 22.9 Å². The minimum Gasteiger partial charge on any atom is -0.319 e. The van der Waals surface area contributed by atoms with Crippen molar-refractivity contribution in [3.05, 3.63) is 45.2 Å². The number of hydrogen-bond acceptors (Lipinski definition) is 4. The number of rotatable bonds is 4. The van der Waals surface area contributed by atoms with Crippen molar-refractivity contribution in [1.82, 2.24) is 10.3 Å². The summed E-state index contributed by atoms with van der Waals surface area (Å²) in [6.45, 7) is 3.50. The monoisotopic (exact) mass is 319 g/mol. The molecule has 1 aromatic carbocycles. The highest BCUT2D eigenvalue weighted by molar-refractivity contribution is 7.13. The van der Waals surface area contributed by atoms with Gasteiger partial charge in [-0.15, -0.1) is 11.3 Å². The highest BCUT2D eigenvalue weighted by atomic mass is 32.1. The van der Waals surface area contributed by atoms with Gasteiger partial charge >= 0.3 is 0 Å². The number of benzene rings is 1. The first-order valence-corrected chi connectivity index (χ1v) is 8.27. The number of thiazole rings is 1. The van der Waals surface area contributed by atoms with Gasteiger partial charge in [0.25, 0.3) is 5.91 Å². The van der Waals surface area contributed by atoms with Gasteiger partial charge in [0.1, 0.15) is 10.7 Å². The smallest absolute Gasteiger partial charge is 0.267 e. The zero-order chi connectivity index (χ0) is 15.5. The maximum absolute atomic E-state index is 14.5. The summed E-state index contributed by atoms with van der Waals surface area (Å²) < 4.78 is 14.5. The number of nitrogens with zero attached hydrogens (tertiary/aromatic N) is 1. The summed E-state index contributed by atoms with van der Waals surface area (Å²) in [6.07, 6.45) is 4.05. The number of halogens is 1. The molecule has 0 saturated carbocycles. The van der Waals surface area contributed by atoms with Crippen LogP contribution in [0.5, 0.6) is 0 Å². The Morgan fingerprint density at radius 2 is 2.36 bits per heavy atom. The highest BCUT2D eigenvalue weighted by Gasteiger charge is 2.18. The maximum Gasteiger partial charge on any atom is 0.267 e. The molecule has 22 heavy (non-hydrogen) atoms. The van der Waals surface area contributed by atoms with Crippen LogP contribution in [0.25, 0.3) is 0 Å². The van der Waals surface area contributed by atoms with E-state index >= 15 is 0 Å². The molecule has 1 amide bonds. The van der Waals surface area contributed by atoms with Crippen molar-refractivity contribution in [2.75, 3.05) is 11.9 Å². The minimum absolute atomic E-state index is 0.246. The molecule has 6 heteroatoms. The zero-order valence-electron chi connectivity index (χ0n) is 12.4. The molecule has 116 valence electrons. The van der Waals surface area contributed by atoms with Crippen molar-refractivity contribution < 1.29 is 9.18 Å². The Balaban J connectivity index is 1.78. The van der Waals surface area contributed by atoms with E-state index in [0.29, 0.717) is 23.4 Å². The van der Waals surface area contributed by atoms with Crippen LogP contribution in [-0.2, 0) is 19.4 Å². The summed E-state index contributed by atoms with van der Waals surface area (Å²) in [5, 5.41) is 6.81. The molecular formula is C16H18FN3OS. The molecule has 0 atom stereocenters. The van der Waals surface area contributed by atoms with Gasteiger partial charge in [0.05, 0.1) is 16.9 Å². The van der Waals surface area contributed by atoms with Crippen LogP contribution in [0.2, 0.25) is 0 Å². The zero-order valence-corrected chi connectivity index (χ0v) is 13.2. The molecule has 0 saturated heterocycles. The van der Waals surface area contributed by atoms with E-state index in [-0.39, 0.29) is 17.4 Å². The number of fused-ring (bicyclic) bond motifs is 1. The average molecular weight is 319 g/mol. The number of hydrogen-bond donors (Lipinski definition) is 2. The third-order valence-electron chi connectivity index (χ3n) is 3.70. The van der Waals surface area contributed by atoms with Gasteiger partial charge in [0, 0.05) is 6.54 Å². The highest BCUT2D eigenvalue weighted by Crippen LogP contribution is 2.25. The molecule has 0 unspecified atom stereocenters. The van der Waals surface area contributed by atoms with E-state index in [9.17, 15) is 9.18 Å². The van der Waals surface area contributed by atoms with Gasteiger partial charge in [-0.05, 0) is 43.0 Å². The van der Waals surface area contributed by atoms with E-state index < -0.39 is 0 Å². The third-order valence-corrected chi connectivity index (χ3v) is 4.75. The first-order chi connectivity index (χ1) is 10.7. The Kier molecular flexibility index (Phi) is 4.49. The van der Waals surface area contributed by atoms with E-state index in [2.05, 4.69) is 22.5 Å². The van der Waals surface area contributed by atoms with Gasteiger partial charge in [-0.25, -0.2) is 9.37 Å². The van der Waals surface area contributed by atoms with E-state index in [1.54, 1.807) is 12.3 Å². The topological polar surface area (TPSA) is 54.0 Å². The van der Waals surface area contributed by atoms with Crippen LogP contribution >= 0.6 is 11.3 Å². The summed E-state index contributed by atoms with van der Waals surface area (Å²) in [6, 6.07) is 3.50. The molecule has 4 nitrogen and oxygen atoms in total. The predicted molar refractivity (Wildman–Crippen MR) is 85.9 cm³/mol. The Bertz CT molecular complexity index is 699. The van der Waals surface area contributed by atoms with Gasteiger partial charge in [-0.1, -0.05) is 13.0 Å². The largest absolute Gasteiger partial charge is 0.319 e. The first kappa shape index (κ1) is 15.1. The number of anilines is 1. The summed E-state index contributed by atoms with van der Waals surface area (Å²) in [4.78, 5) is 17.0. The lowest BCUT2D eigenvalue weighted by Crippen LogP contribution is -2.25. The Morgan fingerprint density at radius 1 is 1.50 bits per heavy atom. The molecule has 0 fully saturated rings. The summed E-state index contributed by atoms with van der Waals surface area (Å²) in [5.74, 6) is -0.613. The van der Waals surface area contributed by atoms with Crippen LogP contribution in [0.1, 0.15) is 39.2 Å². The first-order valence-electron chi connectivity index (χ1n) is 7.46. The van der Waals surface area contributed by atoms with Gasteiger partial charge < -0.3 is 10.6 Å². The lowest BCUT2D eigenvalue weighted by Gasteiger charge is -2.19. The maximum atomic E-state index is 14.5. The standard InChI is InChI=1S/C16H18FN3OS/c1-2-3-14-19-9-13(22-14)16(21)20-12-5-4-10-8-18-7-6-11(10)15(12)17/h4-5,9,18H,2-3,6-8H2,1H3,(H,20,21). The van der Waals surface area contributed by atoms with Crippen LogP contribution in [0, 0.1) is 5.82 Å². The van der Waals surface area contributed by atoms with Gasteiger partial charge in [0.2, 0.25) is 0 Å². The quantitative estimate of drug-likeness (QED) is 0.910. The molecule has 1 aliphatic heterocycles. The van der Waals surface area contributed by atoms with E-state index in [1.165, 1.54) is 11.3 Å². The number of carbonyl (C=O) groups is 1. The number of aryl methyl sites for hydroxylation is 1. The fourth-order valence-electron chi connectivity index (χ4n) is 2.56. The Labute approximate surface area is 132 Å². The normalized spacial score (nSPS) is 13.7. The van der Waals surface area contributed by atoms with Crippen LogP contribution in [0.15, 0.2) is 18.3 Å². The number of nitrogens with one attached hydrogen (secondary N) is 2. The summed E-state index contributed by atoms with van der Waals surface area (Å²) >= 11 is 1.36. The molecular weight excluding hydrogens is 301 g/mol. The van der Waals surface area contributed by atoms with Gasteiger partial charge in [-0.2, -0.15) is 0 Å². The van der Waals surface area contributed by atoms with E-state index in [0.717, 1.165) is 30.0 Å². The molecule has 2 N–H and O–H groups in total. The average Bonchev–Trinajstić information content (AvgIpc) is 2.99. The molecule has 0 spiro atoms. The molecule has 3 rings (SSSR count). The molecule has 1 aliphatic rings. The molecule has 2 aromatic rings. The second-order valence-corrected chi connectivity index (χ2v) is 6.43. The van der Waals surface area contributed by atoms with Crippen molar-refractivity contribution in [2.45, 2.75) is 32.7 Å². The minimum atomic E-state index is -0.314. The summed E-state index contributed by atoms with van der Waals surface area (Å²) in [5.41, 5.74) is 1.91.